The van der Waals surface area contributed by atoms with E-state index in [0.29, 0.717) is 12.3 Å². The normalized spacial score (nSPS) is 27.0. The molecule has 22 heavy (non-hydrogen) atoms. The number of hydrogen-bond acceptors (Lipinski definition) is 2. The minimum Gasteiger partial charge on any atom is -0.347 e. The summed E-state index contributed by atoms with van der Waals surface area (Å²) < 4.78 is 0. The second-order valence-electron chi connectivity index (χ2n) is 6.91. The van der Waals surface area contributed by atoms with Crippen LogP contribution in [0.15, 0.2) is 24.3 Å². The van der Waals surface area contributed by atoms with Gasteiger partial charge in [0.05, 0.1) is 5.54 Å². The summed E-state index contributed by atoms with van der Waals surface area (Å²) in [5.41, 5.74) is 7.01. The van der Waals surface area contributed by atoms with Crippen molar-refractivity contribution in [3.05, 3.63) is 34.9 Å². The van der Waals surface area contributed by atoms with Crippen LogP contribution in [0.5, 0.6) is 0 Å². The molecule has 2 aliphatic carbocycles. The lowest BCUT2D eigenvalue weighted by Crippen LogP contribution is -2.45. The Balaban J connectivity index is 1.73. The first-order valence-electron chi connectivity index (χ1n) is 8.42. The lowest BCUT2D eigenvalue weighted by molar-refractivity contribution is -0.124. The molecular weight excluding hydrogens is 296 g/mol. The van der Waals surface area contributed by atoms with Crippen LogP contribution in [0.2, 0.25) is 5.02 Å². The van der Waals surface area contributed by atoms with Crippen molar-refractivity contribution in [2.45, 2.75) is 62.9 Å². The largest absolute Gasteiger partial charge is 0.347 e. The minimum atomic E-state index is -0.231. The molecule has 120 valence electrons. The van der Waals surface area contributed by atoms with Gasteiger partial charge in [-0.15, -0.1) is 0 Å². The van der Waals surface area contributed by atoms with Gasteiger partial charge in [0.1, 0.15) is 0 Å². The monoisotopic (exact) mass is 320 g/mol. The average molecular weight is 321 g/mol. The van der Waals surface area contributed by atoms with Crippen LogP contribution in [-0.4, -0.2) is 11.9 Å². The topological polar surface area (TPSA) is 55.1 Å². The first-order valence-corrected chi connectivity index (χ1v) is 8.79. The van der Waals surface area contributed by atoms with Gasteiger partial charge in [-0.25, -0.2) is 0 Å². The molecule has 3 nitrogen and oxygen atoms in total. The molecule has 0 radical (unpaired) electrons. The van der Waals surface area contributed by atoms with E-state index < -0.39 is 0 Å². The SMILES string of the molecule is N[C@@H]1CCC[C@H]1CC(=O)NC1(c2cccc(Cl)c2)CCCC1. The standard InChI is InChI=1S/C18H25ClN2O/c19-15-7-4-6-14(12-15)18(9-1-2-10-18)21-17(22)11-13-5-3-8-16(13)20/h4,6-7,12-13,16H,1-3,5,8-11,20H2,(H,21,22)/t13-,16+/m0/s1. The lowest BCUT2D eigenvalue weighted by atomic mass is 9.87. The van der Waals surface area contributed by atoms with Gasteiger partial charge >= 0.3 is 0 Å². The quantitative estimate of drug-likeness (QED) is 0.887. The summed E-state index contributed by atoms with van der Waals surface area (Å²) in [7, 11) is 0. The van der Waals surface area contributed by atoms with Gasteiger partial charge < -0.3 is 11.1 Å². The van der Waals surface area contributed by atoms with Crippen molar-refractivity contribution >= 4 is 17.5 Å². The predicted molar refractivity (Wildman–Crippen MR) is 89.7 cm³/mol. The molecular formula is C18H25ClN2O. The van der Waals surface area contributed by atoms with Gasteiger partial charge in [-0.05, 0) is 49.3 Å². The second-order valence-corrected chi connectivity index (χ2v) is 7.34. The number of carbonyl (C=O) groups is 1. The van der Waals surface area contributed by atoms with Gasteiger partial charge in [-0.3, -0.25) is 4.79 Å². The molecule has 2 atom stereocenters. The molecule has 2 saturated carbocycles. The Kier molecular flexibility index (Phi) is 4.74. The van der Waals surface area contributed by atoms with E-state index in [0.717, 1.165) is 55.5 Å². The number of amides is 1. The van der Waals surface area contributed by atoms with Gasteiger partial charge in [-0.1, -0.05) is 43.0 Å². The third-order valence-electron chi connectivity index (χ3n) is 5.38. The molecule has 1 amide bonds. The number of benzene rings is 1. The van der Waals surface area contributed by atoms with Gasteiger partial charge in [-0.2, -0.15) is 0 Å². The smallest absolute Gasteiger partial charge is 0.221 e. The molecule has 0 heterocycles. The molecule has 3 N–H and O–H groups in total. The fourth-order valence-corrected chi connectivity index (χ4v) is 4.32. The van der Waals surface area contributed by atoms with E-state index in [2.05, 4.69) is 11.4 Å². The molecule has 0 saturated heterocycles. The molecule has 1 aromatic carbocycles. The van der Waals surface area contributed by atoms with E-state index in [1.54, 1.807) is 0 Å². The second kappa shape index (κ2) is 6.59. The zero-order chi connectivity index (χ0) is 15.6. The highest BCUT2D eigenvalue weighted by Gasteiger charge is 2.38. The number of nitrogens with one attached hydrogen (secondary N) is 1. The van der Waals surface area contributed by atoms with Crippen LogP contribution in [0.1, 0.15) is 56.9 Å². The van der Waals surface area contributed by atoms with E-state index in [9.17, 15) is 4.79 Å². The summed E-state index contributed by atoms with van der Waals surface area (Å²) in [5.74, 6) is 0.488. The van der Waals surface area contributed by atoms with Crippen molar-refractivity contribution < 1.29 is 4.79 Å². The Labute approximate surface area is 137 Å². The van der Waals surface area contributed by atoms with Crippen molar-refractivity contribution in [1.82, 2.24) is 5.32 Å². The average Bonchev–Trinajstić information content (AvgIpc) is 3.10. The highest BCUT2D eigenvalue weighted by Crippen LogP contribution is 2.40. The summed E-state index contributed by atoms with van der Waals surface area (Å²) in [6, 6.07) is 8.12. The molecule has 0 bridgehead atoms. The van der Waals surface area contributed by atoms with E-state index >= 15 is 0 Å². The zero-order valence-electron chi connectivity index (χ0n) is 13.0. The summed E-state index contributed by atoms with van der Waals surface area (Å²) in [6.07, 6.45) is 8.13. The summed E-state index contributed by atoms with van der Waals surface area (Å²) in [6.45, 7) is 0. The number of halogens is 1. The predicted octanol–water partition coefficient (Wildman–Crippen LogP) is 3.74. The maximum atomic E-state index is 12.6. The summed E-state index contributed by atoms with van der Waals surface area (Å²) in [4.78, 5) is 12.6. The molecule has 0 aliphatic heterocycles. The van der Waals surface area contributed by atoms with Crippen LogP contribution >= 0.6 is 11.6 Å². The van der Waals surface area contributed by atoms with Crippen LogP contribution in [0, 0.1) is 5.92 Å². The summed E-state index contributed by atoms with van der Waals surface area (Å²) in [5, 5.41) is 4.06. The van der Waals surface area contributed by atoms with Crippen molar-refractivity contribution in [2.24, 2.45) is 11.7 Å². The van der Waals surface area contributed by atoms with Crippen molar-refractivity contribution in [3.63, 3.8) is 0 Å². The fraction of sp³-hybridized carbons (Fsp3) is 0.611. The molecule has 0 unspecified atom stereocenters. The zero-order valence-corrected chi connectivity index (χ0v) is 13.7. The van der Waals surface area contributed by atoms with Gasteiger partial charge in [0.25, 0.3) is 0 Å². The van der Waals surface area contributed by atoms with Crippen LogP contribution in [0.25, 0.3) is 0 Å². The van der Waals surface area contributed by atoms with Gasteiger partial charge in [0.15, 0.2) is 0 Å². The Morgan fingerprint density at radius 1 is 1.27 bits per heavy atom. The van der Waals surface area contributed by atoms with Crippen LogP contribution < -0.4 is 11.1 Å². The molecule has 3 rings (SSSR count). The maximum Gasteiger partial charge on any atom is 0.221 e. The van der Waals surface area contributed by atoms with Gasteiger partial charge in [0.2, 0.25) is 5.91 Å². The van der Waals surface area contributed by atoms with Crippen LogP contribution in [0.3, 0.4) is 0 Å². The Morgan fingerprint density at radius 2 is 2.05 bits per heavy atom. The van der Waals surface area contributed by atoms with E-state index in [1.807, 2.05) is 18.2 Å². The summed E-state index contributed by atoms with van der Waals surface area (Å²) >= 11 is 6.15. The third-order valence-corrected chi connectivity index (χ3v) is 5.61. The first-order chi connectivity index (χ1) is 10.6. The van der Waals surface area contributed by atoms with Crippen molar-refractivity contribution in [3.8, 4) is 0 Å². The molecule has 2 fully saturated rings. The molecule has 1 aromatic rings. The van der Waals surface area contributed by atoms with Crippen LogP contribution in [0.4, 0.5) is 0 Å². The number of nitrogens with two attached hydrogens (primary N) is 1. The molecule has 2 aliphatic rings. The highest BCUT2D eigenvalue weighted by atomic mass is 35.5. The number of hydrogen-bond donors (Lipinski definition) is 2. The highest BCUT2D eigenvalue weighted by molar-refractivity contribution is 6.30. The molecule has 4 heteroatoms. The Hall–Kier alpha value is -1.06. The van der Waals surface area contributed by atoms with Crippen molar-refractivity contribution in [1.29, 1.82) is 0 Å². The third kappa shape index (κ3) is 3.31. The number of rotatable bonds is 4. The van der Waals surface area contributed by atoms with E-state index in [4.69, 9.17) is 17.3 Å². The Morgan fingerprint density at radius 3 is 2.68 bits per heavy atom. The Bertz CT molecular complexity index is 540. The minimum absolute atomic E-state index is 0.143. The lowest BCUT2D eigenvalue weighted by Gasteiger charge is -2.32. The number of carbonyl (C=O) groups excluding carboxylic acids is 1. The maximum absolute atomic E-state index is 12.6. The molecule has 0 aromatic heterocycles. The first kappa shape index (κ1) is 15.8. The van der Waals surface area contributed by atoms with E-state index in [-0.39, 0.29) is 17.5 Å². The van der Waals surface area contributed by atoms with E-state index in [1.165, 1.54) is 0 Å². The van der Waals surface area contributed by atoms with Gasteiger partial charge in [0, 0.05) is 17.5 Å². The fourth-order valence-electron chi connectivity index (χ4n) is 4.13. The van der Waals surface area contributed by atoms with Crippen LogP contribution in [-0.2, 0) is 10.3 Å². The van der Waals surface area contributed by atoms with Crippen molar-refractivity contribution in [2.75, 3.05) is 0 Å². The molecule has 0 spiro atoms.